The number of aromatic carboxylic acids is 2. The van der Waals surface area contributed by atoms with E-state index in [1.54, 1.807) is 6.07 Å². The van der Waals surface area contributed by atoms with Crippen molar-refractivity contribution in [3.63, 3.8) is 0 Å². The van der Waals surface area contributed by atoms with Gasteiger partial charge in [-0.05, 0) is 42.0 Å². The molecule has 0 fully saturated rings. The average molecular weight is 542 g/mol. The van der Waals surface area contributed by atoms with Gasteiger partial charge in [0.1, 0.15) is 11.3 Å². The zero-order valence-corrected chi connectivity index (χ0v) is 19.5. The Morgan fingerprint density at radius 2 is 1.72 bits per heavy atom. The highest BCUT2D eigenvalue weighted by atomic mass is 127. The molecule has 162 valence electrons. The van der Waals surface area contributed by atoms with Gasteiger partial charge in [-0.3, -0.25) is 4.99 Å². The Hall–Kier alpha value is -3.40. The first-order chi connectivity index (χ1) is 15.3. The van der Waals surface area contributed by atoms with Gasteiger partial charge in [0.15, 0.2) is 0 Å². The van der Waals surface area contributed by atoms with Crippen molar-refractivity contribution in [1.82, 2.24) is 0 Å². The van der Waals surface area contributed by atoms with Gasteiger partial charge in [0, 0.05) is 48.4 Å². The molecule has 1 aliphatic heterocycles. The fraction of sp³-hybridized carbons (Fsp3) is 0.125. The summed E-state index contributed by atoms with van der Waals surface area (Å²) in [4.78, 5) is 29.9. The van der Waals surface area contributed by atoms with E-state index in [4.69, 9.17) is 4.42 Å². The molecule has 0 saturated heterocycles. The fourth-order valence-corrected chi connectivity index (χ4v) is 4.07. The average Bonchev–Trinajstić information content (AvgIpc) is 2.76. The van der Waals surface area contributed by atoms with Gasteiger partial charge >= 0.3 is 11.9 Å². The van der Waals surface area contributed by atoms with Gasteiger partial charge in [0.2, 0.25) is 0 Å². The van der Waals surface area contributed by atoms with Crippen molar-refractivity contribution in [2.24, 2.45) is 4.99 Å². The molecule has 0 saturated carbocycles. The summed E-state index contributed by atoms with van der Waals surface area (Å²) in [5.41, 5.74) is 3.15. The van der Waals surface area contributed by atoms with Crippen LogP contribution in [0.3, 0.4) is 0 Å². The number of nitrogens with zero attached hydrogens (tertiary/aromatic N) is 2. The highest BCUT2D eigenvalue weighted by Gasteiger charge is 2.23. The number of hydrogen-bond donors (Lipinski definition) is 2. The lowest BCUT2D eigenvalue weighted by molar-refractivity contribution is 0.0696. The fourth-order valence-electron chi connectivity index (χ4n) is 3.68. The lowest BCUT2D eigenvalue weighted by atomic mass is 9.90. The summed E-state index contributed by atoms with van der Waals surface area (Å²) in [6, 6.07) is 15.4. The molecule has 1 heterocycles. The lowest BCUT2D eigenvalue weighted by Gasteiger charge is -2.19. The standard InChI is InChI=1S/C24H19IN2O5/c1-27(2)15-5-8-18-21(11-15)32-20-10-14(26-12-25)4-7-17(20)22(18)16-6-3-13(23(28)29)9-19(16)24(30)31/h3-11H,12H2,1-2H3,(H,28,29)(H,30,31). The molecule has 1 aliphatic carbocycles. The van der Waals surface area contributed by atoms with E-state index >= 15 is 0 Å². The molecule has 0 aromatic heterocycles. The summed E-state index contributed by atoms with van der Waals surface area (Å²) in [5.74, 6) is -1.82. The number of fused-ring (bicyclic) bond motifs is 2. The van der Waals surface area contributed by atoms with E-state index in [1.165, 1.54) is 12.1 Å². The number of carboxylic acids is 2. The van der Waals surface area contributed by atoms with Gasteiger partial charge < -0.3 is 19.5 Å². The molecule has 4 rings (SSSR count). The minimum Gasteiger partial charge on any atom is -0.478 e. The number of alkyl halides is 1. The van der Waals surface area contributed by atoms with Gasteiger partial charge in [-0.15, -0.1) is 0 Å². The third kappa shape index (κ3) is 3.93. The van der Waals surface area contributed by atoms with Crippen LogP contribution in [0.5, 0.6) is 0 Å². The largest absolute Gasteiger partial charge is 0.478 e. The summed E-state index contributed by atoms with van der Waals surface area (Å²) < 4.78 is 6.81. The Kier molecular flexibility index (Phi) is 5.88. The highest BCUT2D eigenvalue weighted by Crippen LogP contribution is 2.42. The Morgan fingerprint density at radius 1 is 0.969 bits per heavy atom. The van der Waals surface area contributed by atoms with Crippen LogP contribution in [-0.2, 0) is 0 Å². The van der Waals surface area contributed by atoms with Crippen LogP contribution in [0.15, 0.2) is 64.0 Å². The minimum absolute atomic E-state index is 0.0848. The lowest BCUT2D eigenvalue weighted by Crippen LogP contribution is -2.09. The first kappa shape index (κ1) is 21.8. The van der Waals surface area contributed by atoms with Gasteiger partial charge in [0.25, 0.3) is 0 Å². The van der Waals surface area contributed by atoms with Crippen molar-refractivity contribution >= 4 is 51.2 Å². The summed E-state index contributed by atoms with van der Waals surface area (Å²) >= 11 is 2.16. The molecule has 2 aromatic carbocycles. The molecule has 8 heteroatoms. The van der Waals surface area contributed by atoms with Gasteiger partial charge in [-0.2, -0.15) is 0 Å². The van der Waals surface area contributed by atoms with Gasteiger partial charge in [-0.1, -0.05) is 28.7 Å². The first-order valence-electron chi connectivity index (χ1n) is 9.65. The summed E-state index contributed by atoms with van der Waals surface area (Å²) in [7, 11) is 3.85. The van der Waals surface area contributed by atoms with Crippen molar-refractivity contribution in [2.45, 2.75) is 0 Å². The van der Waals surface area contributed by atoms with E-state index < -0.39 is 11.9 Å². The normalized spacial score (nSPS) is 11.8. The first-order valence-corrected chi connectivity index (χ1v) is 11.2. The molecule has 7 nitrogen and oxygen atoms in total. The van der Waals surface area contributed by atoms with Crippen molar-refractivity contribution in [3.05, 3.63) is 71.1 Å². The topological polar surface area (TPSA) is 103 Å². The summed E-state index contributed by atoms with van der Waals surface area (Å²) in [6.45, 7) is 0. The maximum atomic E-state index is 12.1. The Labute approximate surface area is 197 Å². The Morgan fingerprint density at radius 3 is 2.38 bits per heavy atom. The highest BCUT2D eigenvalue weighted by molar-refractivity contribution is 14.1. The third-order valence-corrected chi connectivity index (χ3v) is 5.56. The maximum absolute atomic E-state index is 12.1. The maximum Gasteiger partial charge on any atom is 0.336 e. The molecule has 2 N–H and O–H groups in total. The predicted octanol–water partition coefficient (Wildman–Crippen LogP) is 4.96. The number of benzene rings is 3. The number of carboxylic acid groups (broad SMARTS) is 2. The quantitative estimate of drug-likeness (QED) is 0.160. The second-order valence-corrected chi connectivity index (χ2v) is 8.06. The van der Waals surface area contributed by atoms with E-state index in [9.17, 15) is 19.8 Å². The number of hydrogen-bond acceptors (Lipinski definition) is 5. The molecular weight excluding hydrogens is 523 g/mol. The molecule has 0 radical (unpaired) electrons. The van der Waals surface area contributed by atoms with Crippen LogP contribution >= 0.6 is 22.6 Å². The van der Waals surface area contributed by atoms with Gasteiger partial charge in [0.05, 0.1) is 21.0 Å². The van der Waals surface area contributed by atoms with Crippen LogP contribution in [0.2, 0.25) is 0 Å². The van der Waals surface area contributed by atoms with E-state index in [0.717, 1.165) is 16.4 Å². The molecule has 0 spiro atoms. The van der Waals surface area contributed by atoms with E-state index in [-0.39, 0.29) is 11.1 Å². The van der Waals surface area contributed by atoms with Crippen LogP contribution in [0.1, 0.15) is 20.7 Å². The van der Waals surface area contributed by atoms with Crippen molar-refractivity contribution in [1.29, 1.82) is 0 Å². The Bertz CT molecular complexity index is 1410. The SMILES string of the molecule is CN(C)c1ccc2c(-c3ccc(C(=O)O)cc3C(=O)O)c3ccc(=NCI)cc-3oc2c1. The Balaban J connectivity index is 2.14. The predicted molar refractivity (Wildman–Crippen MR) is 131 cm³/mol. The molecule has 0 unspecified atom stereocenters. The molecular formula is C24H19IN2O5. The van der Waals surface area contributed by atoms with Gasteiger partial charge in [-0.25, -0.2) is 9.59 Å². The molecule has 0 bridgehead atoms. The zero-order valence-electron chi connectivity index (χ0n) is 17.3. The smallest absolute Gasteiger partial charge is 0.336 e. The number of rotatable bonds is 5. The summed E-state index contributed by atoms with van der Waals surface area (Å²) in [5, 5.41) is 20.7. The number of carbonyl (C=O) groups is 2. The van der Waals surface area contributed by atoms with Crippen LogP contribution in [0.4, 0.5) is 5.69 Å². The zero-order chi connectivity index (χ0) is 23.0. The number of anilines is 1. The third-order valence-electron chi connectivity index (χ3n) is 5.21. The van der Waals surface area contributed by atoms with Crippen LogP contribution < -0.4 is 10.3 Å². The van der Waals surface area contributed by atoms with Crippen LogP contribution in [-0.4, -0.2) is 40.8 Å². The summed E-state index contributed by atoms with van der Waals surface area (Å²) in [6.07, 6.45) is 0. The van der Waals surface area contributed by atoms with Crippen LogP contribution in [0, 0.1) is 0 Å². The second kappa shape index (κ2) is 8.62. The molecule has 2 aromatic rings. The second-order valence-electron chi connectivity index (χ2n) is 7.38. The van der Waals surface area contributed by atoms with Crippen molar-refractivity contribution in [3.8, 4) is 22.5 Å². The minimum atomic E-state index is -1.20. The van der Waals surface area contributed by atoms with E-state index in [1.807, 2.05) is 55.4 Å². The van der Waals surface area contributed by atoms with Crippen molar-refractivity contribution < 1.29 is 24.2 Å². The number of halogens is 1. The van der Waals surface area contributed by atoms with E-state index in [2.05, 4.69) is 27.6 Å². The molecule has 0 atom stereocenters. The van der Waals surface area contributed by atoms with Crippen LogP contribution in [0.25, 0.3) is 33.4 Å². The monoisotopic (exact) mass is 542 g/mol. The molecule has 32 heavy (non-hydrogen) atoms. The molecule has 2 aliphatic rings. The molecule has 0 amide bonds. The van der Waals surface area contributed by atoms with Crippen molar-refractivity contribution in [2.75, 3.05) is 23.5 Å². The van der Waals surface area contributed by atoms with E-state index in [0.29, 0.717) is 32.6 Å².